The van der Waals surface area contributed by atoms with E-state index in [2.05, 4.69) is 22.2 Å². The predicted molar refractivity (Wildman–Crippen MR) is 86.7 cm³/mol. The summed E-state index contributed by atoms with van der Waals surface area (Å²) in [5, 5.41) is 9.13. The zero-order valence-electron chi connectivity index (χ0n) is 13.2. The maximum absolute atomic E-state index is 6.53. The highest BCUT2D eigenvalue weighted by Gasteiger charge is 2.32. The molecule has 2 aliphatic heterocycles. The molecule has 0 saturated carbocycles. The van der Waals surface area contributed by atoms with Gasteiger partial charge < -0.3 is 5.32 Å². The summed E-state index contributed by atoms with van der Waals surface area (Å²) < 4.78 is 1.98. The molecule has 3 rings (SSSR count). The number of likely N-dealkylation sites (tertiary alicyclic amines) is 1. The molecular formula is C16H27ClN4. The van der Waals surface area contributed by atoms with Crippen LogP contribution in [0, 0.1) is 0 Å². The Morgan fingerprint density at radius 2 is 2.14 bits per heavy atom. The van der Waals surface area contributed by atoms with Gasteiger partial charge in [0.1, 0.15) is 0 Å². The quantitative estimate of drug-likeness (QED) is 0.928. The molecule has 3 heterocycles. The van der Waals surface area contributed by atoms with Gasteiger partial charge in [0, 0.05) is 25.7 Å². The van der Waals surface area contributed by atoms with Crippen LogP contribution in [0.5, 0.6) is 0 Å². The first-order valence-corrected chi connectivity index (χ1v) is 8.76. The van der Waals surface area contributed by atoms with Crippen LogP contribution in [0.15, 0.2) is 0 Å². The minimum atomic E-state index is 0.664. The topological polar surface area (TPSA) is 33.1 Å². The second kappa shape index (κ2) is 6.67. The molecule has 0 amide bonds. The molecule has 0 aromatic carbocycles. The van der Waals surface area contributed by atoms with E-state index in [4.69, 9.17) is 11.6 Å². The van der Waals surface area contributed by atoms with Crippen molar-refractivity contribution in [1.29, 1.82) is 0 Å². The molecule has 2 saturated heterocycles. The number of nitrogens with zero attached hydrogens (tertiary/aromatic N) is 3. The highest BCUT2D eigenvalue weighted by Crippen LogP contribution is 2.28. The second-order valence-corrected chi connectivity index (χ2v) is 6.80. The molecule has 118 valence electrons. The lowest BCUT2D eigenvalue weighted by Gasteiger charge is -2.39. The van der Waals surface area contributed by atoms with Crippen LogP contribution in [-0.2, 0) is 20.0 Å². The molecular weight excluding hydrogens is 284 g/mol. The van der Waals surface area contributed by atoms with Crippen molar-refractivity contribution in [2.45, 2.75) is 64.1 Å². The molecule has 0 radical (unpaired) electrons. The van der Waals surface area contributed by atoms with E-state index in [1.165, 1.54) is 50.9 Å². The normalized spacial score (nSPS) is 27.4. The van der Waals surface area contributed by atoms with Crippen LogP contribution < -0.4 is 5.32 Å². The molecule has 2 atom stereocenters. The van der Waals surface area contributed by atoms with Crippen LogP contribution in [0.2, 0.25) is 5.02 Å². The summed E-state index contributed by atoms with van der Waals surface area (Å²) in [4.78, 5) is 2.63. The molecule has 0 aliphatic carbocycles. The van der Waals surface area contributed by atoms with Crippen molar-refractivity contribution in [3.63, 3.8) is 0 Å². The third kappa shape index (κ3) is 3.13. The molecule has 0 spiro atoms. The number of hydrogen-bond acceptors (Lipinski definition) is 3. The van der Waals surface area contributed by atoms with Crippen LogP contribution in [0.25, 0.3) is 0 Å². The van der Waals surface area contributed by atoms with Crippen molar-refractivity contribution in [3.8, 4) is 0 Å². The number of nitrogens with one attached hydrogen (secondary N) is 1. The maximum atomic E-state index is 6.53. The van der Waals surface area contributed by atoms with E-state index in [9.17, 15) is 0 Å². The second-order valence-electron chi connectivity index (χ2n) is 6.42. The first-order chi connectivity index (χ1) is 10.2. The van der Waals surface area contributed by atoms with Gasteiger partial charge in [0.2, 0.25) is 0 Å². The van der Waals surface area contributed by atoms with Crippen molar-refractivity contribution in [3.05, 3.63) is 16.4 Å². The van der Waals surface area contributed by atoms with Crippen molar-refractivity contribution >= 4 is 11.6 Å². The van der Waals surface area contributed by atoms with E-state index >= 15 is 0 Å². The monoisotopic (exact) mass is 310 g/mol. The van der Waals surface area contributed by atoms with Gasteiger partial charge in [0.25, 0.3) is 0 Å². The fourth-order valence-electron chi connectivity index (χ4n) is 3.89. The Balaban J connectivity index is 1.76. The highest BCUT2D eigenvalue weighted by molar-refractivity contribution is 6.31. The standard InChI is InChI=1S/C16H27ClN4/c1-3-12-16(17)15(20(2)19-12)11-21-10-5-4-8-14(21)13-7-6-9-18-13/h13-14,18H,3-11H2,1-2H3. The zero-order chi connectivity index (χ0) is 14.8. The van der Waals surface area contributed by atoms with Crippen molar-refractivity contribution in [1.82, 2.24) is 20.0 Å². The van der Waals surface area contributed by atoms with Crippen molar-refractivity contribution < 1.29 is 0 Å². The van der Waals surface area contributed by atoms with Crippen LogP contribution in [0.4, 0.5) is 0 Å². The maximum Gasteiger partial charge on any atom is 0.0863 e. The van der Waals surface area contributed by atoms with Crippen molar-refractivity contribution in [2.24, 2.45) is 7.05 Å². The molecule has 5 heteroatoms. The Labute approximate surface area is 132 Å². The largest absolute Gasteiger partial charge is 0.312 e. The molecule has 2 unspecified atom stereocenters. The third-order valence-electron chi connectivity index (χ3n) is 5.08. The Hall–Kier alpha value is -0.580. The zero-order valence-corrected chi connectivity index (χ0v) is 14.0. The molecule has 1 aromatic heterocycles. The molecule has 21 heavy (non-hydrogen) atoms. The summed E-state index contributed by atoms with van der Waals surface area (Å²) in [6.45, 7) is 5.42. The third-order valence-corrected chi connectivity index (χ3v) is 5.52. The van der Waals surface area contributed by atoms with Gasteiger partial charge in [-0.15, -0.1) is 0 Å². The molecule has 1 aromatic rings. The summed E-state index contributed by atoms with van der Waals surface area (Å²) >= 11 is 6.53. The SMILES string of the molecule is CCc1nn(C)c(CN2CCCCC2C2CCCN2)c1Cl. The fraction of sp³-hybridized carbons (Fsp3) is 0.812. The number of aryl methyl sites for hydroxylation is 2. The lowest BCUT2D eigenvalue weighted by atomic mass is 9.94. The number of aromatic nitrogens is 2. The highest BCUT2D eigenvalue weighted by atomic mass is 35.5. The predicted octanol–water partition coefficient (Wildman–Crippen LogP) is 2.74. The Morgan fingerprint density at radius 3 is 2.81 bits per heavy atom. The minimum absolute atomic E-state index is 0.664. The van der Waals surface area contributed by atoms with E-state index in [1.807, 2.05) is 11.7 Å². The first kappa shape index (κ1) is 15.3. The van der Waals surface area contributed by atoms with Gasteiger partial charge in [-0.05, 0) is 45.2 Å². The average molecular weight is 311 g/mol. The average Bonchev–Trinajstić information content (AvgIpc) is 3.11. The Bertz CT molecular complexity index is 479. The lowest BCUT2D eigenvalue weighted by molar-refractivity contribution is 0.109. The van der Waals surface area contributed by atoms with Gasteiger partial charge in [-0.2, -0.15) is 5.10 Å². The first-order valence-electron chi connectivity index (χ1n) is 8.38. The number of rotatable bonds is 4. The lowest BCUT2D eigenvalue weighted by Crippen LogP contribution is -2.49. The van der Waals surface area contributed by atoms with E-state index in [1.54, 1.807) is 0 Å². The summed E-state index contributed by atoms with van der Waals surface area (Å²) in [7, 11) is 2.02. The fourth-order valence-corrected chi connectivity index (χ4v) is 4.25. The van der Waals surface area contributed by atoms with Crippen LogP contribution in [0.3, 0.4) is 0 Å². The van der Waals surface area contributed by atoms with Gasteiger partial charge in [0.15, 0.2) is 0 Å². The molecule has 2 aliphatic rings. The Morgan fingerprint density at radius 1 is 1.29 bits per heavy atom. The van der Waals surface area contributed by atoms with E-state index in [-0.39, 0.29) is 0 Å². The molecule has 4 nitrogen and oxygen atoms in total. The smallest absolute Gasteiger partial charge is 0.0863 e. The summed E-state index contributed by atoms with van der Waals surface area (Å²) in [5.41, 5.74) is 2.21. The molecule has 2 fully saturated rings. The van der Waals surface area contributed by atoms with Crippen LogP contribution in [0.1, 0.15) is 50.4 Å². The number of piperidine rings is 1. The summed E-state index contributed by atoms with van der Waals surface area (Å²) in [5.74, 6) is 0. The molecule has 1 N–H and O–H groups in total. The number of hydrogen-bond donors (Lipinski definition) is 1. The van der Waals surface area contributed by atoms with E-state index in [0.29, 0.717) is 12.1 Å². The molecule has 0 bridgehead atoms. The van der Waals surface area contributed by atoms with E-state index < -0.39 is 0 Å². The minimum Gasteiger partial charge on any atom is -0.312 e. The summed E-state index contributed by atoms with van der Waals surface area (Å²) in [6.07, 6.45) is 7.52. The number of halogens is 1. The van der Waals surface area contributed by atoms with E-state index in [0.717, 1.165) is 23.7 Å². The van der Waals surface area contributed by atoms with Gasteiger partial charge >= 0.3 is 0 Å². The van der Waals surface area contributed by atoms with Gasteiger partial charge in [-0.25, -0.2) is 0 Å². The van der Waals surface area contributed by atoms with Crippen LogP contribution >= 0.6 is 11.6 Å². The summed E-state index contributed by atoms with van der Waals surface area (Å²) in [6, 6.07) is 1.33. The van der Waals surface area contributed by atoms with Gasteiger partial charge in [-0.3, -0.25) is 9.58 Å². The van der Waals surface area contributed by atoms with Gasteiger partial charge in [-0.1, -0.05) is 24.9 Å². The Kier molecular flexibility index (Phi) is 4.87. The van der Waals surface area contributed by atoms with Crippen molar-refractivity contribution in [2.75, 3.05) is 13.1 Å². The van der Waals surface area contributed by atoms with Crippen LogP contribution in [-0.4, -0.2) is 39.9 Å². The van der Waals surface area contributed by atoms with Gasteiger partial charge in [0.05, 0.1) is 16.4 Å².